The Morgan fingerprint density at radius 2 is 2.38 bits per heavy atom. The molecule has 126 valence electrons. The summed E-state index contributed by atoms with van der Waals surface area (Å²) in [5.74, 6) is -0.861. The molecule has 0 aromatic carbocycles. The second-order valence-corrected chi connectivity index (χ2v) is 6.27. The number of carboxylic acid groups (broad SMARTS) is 1. The Balaban J connectivity index is 1.77. The standard InChI is InChI=1S/C15H15N3O5S/c19-13(20)4-3-10-2-1-9(8-23-10)17-14-12(18(21)22)7-16-11-5-6-24-15(11)14/h1-2,5-7,9-10H,3-4,8H2,(H,16,17)(H,19,20)/t9-,10?/m0/s1. The minimum atomic E-state index is -0.861. The van der Waals surface area contributed by atoms with Gasteiger partial charge in [-0.2, -0.15) is 0 Å². The average molecular weight is 349 g/mol. The van der Waals surface area contributed by atoms with Gasteiger partial charge in [0.15, 0.2) is 0 Å². The highest BCUT2D eigenvalue weighted by Gasteiger charge is 2.23. The van der Waals surface area contributed by atoms with E-state index in [-0.39, 0.29) is 24.3 Å². The molecule has 0 amide bonds. The summed E-state index contributed by atoms with van der Waals surface area (Å²) in [4.78, 5) is 25.5. The minimum Gasteiger partial charge on any atom is -0.481 e. The van der Waals surface area contributed by atoms with Crippen molar-refractivity contribution in [3.05, 3.63) is 39.9 Å². The number of ether oxygens (including phenoxy) is 1. The van der Waals surface area contributed by atoms with Gasteiger partial charge in [-0.05, 0) is 17.9 Å². The zero-order valence-corrected chi connectivity index (χ0v) is 13.4. The number of rotatable bonds is 6. The summed E-state index contributed by atoms with van der Waals surface area (Å²) < 4.78 is 6.34. The first-order valence-electron chi connectivity index (χ1n) is 7.33. The number of hydrogen-bond donors (Lipinski definition) is 2. The monoisotopic (exact) mass is 349 g/mol. The molecule has 8 nitrogen and oxygen atoms in total. The van der Waals surface area contributed by atoms with Gasteiger partial charge >= 0.3 is 11.7 Å². The molecule has 9 heteroatoms. The fourth-order valence-electron chi connectivity index (χ4n) is 2.50. The van der Waals surface area contributed by atoms with Gasteiger partial charge in [0, 0.05) is 6.42 Å². The predicted molar refractivity (Wildman–Crippen MR) is 89.4 cm³/mol. The lowest BCUT2D eigenvalue weighted by Gasteiger charge is -2.25. The van der Waals surface area contributed by atoms with E-state index in [4.69, 9.17) is 9.84 Å². The van der Waals surface area contributed by atoms with Crippen molar-refractivity contribution in [2.75, 3.05) is 11.9 Å². The quantitative estimate of drug-likeness (QED) is 0.468. The Hall–Kier alpha value is -2.52. The number of nitrogens with zero attached hydrogens (tertiary/aromatic N) is 2. The normalized spacial score (nSPS) is 20.2. The zero-order valence-electron chi connectivity index (χ0n) is 12.5. The molecular weight excluding hydrogens is 334 g/mol. The Kier molecular flexibility index (Phi) is 4.72. The first kappa shape index (κ1) is 16.3. The number of hydrogen-bond acceptors (Lipinski definition) is 7. The highest BCUT2D eigenvalue weighted by Crippen LogP contribution is 2.35. The van der Waals surface area contributed by atoms with E-state index in [9.17, 15) is 14.9 Å². The maximum atomic E-state index is 11.3. The summed E-state index contributed by atoms with van der Waals surface area (Å²) in [5.41, 5.74) is 1.06. The highest BCUT2D eigenvalue weighted by atomic mass is 32.1. The van der Waals surface area contributed by atoms with Gasteiger partial charge in [-0.15, -0.1) is 11.3 Å². The lowest BCUT2D eigenvalue weighted by atomic mass is 10.1. The van der Waals surface area contributed by atoms with E-state index >= 15 is 0 Å². The summed E-state index contributed by atoms with van der Waals surface area (Å²) >= 11 is 1.39. The van der Waals surface area contributed by atoms with Crippen LogP contribution in [0.4, 0.5) is 11.4 Å². The van der Waals surface area contributed by atoms with Crippen LogP contribution in [0.3, 0.4) is 0 Å². The van der Waals surface area contributed by atoms with E-state index in [1.807, 2.05) is 17.5 Å². The third-order valence-corrected chi connectivity index (χ3v) is 4.59. The minimum absolute atomic E-state index is 0.0404. The number of aliphatic carboxylic acids is 1. The lowest BCUT2D eigenvalue weighted by Crippen LogP contribution is -2.31. The van der Waals surface area contributed by atoms with E-state index < -0.39 is 10.9 Å². The van der Waals surface area contributed by atoms with Crippen LogP contribution in [0.5, 0.6) is 0 Å². The van der Waals surface area contributed by atoms with Crippen LogP contribution in [0.15, 0.2) is 29.8 Å². The Labute approximate surface area is 140 Å². The van der Waals surface area contributed by atoms with Gasteiger partial charge in [-0.25, -0.2) is 4.98 Å². The second-order valence-electron chi connectivity index (χ2n) is 5.35. The number of nitro groups is 1. The lowest BCUT2D eigenvalue weighted by molar-refractivity contribution is -0.384. The summed E-state index contributed by atoms with van der Waals surface area (Å²) in [6.45, 7) is 0.313. The summed E-state index contributed by atoms with van der Waals surface area (Å²) in [5, 5.41) is 24.9. The number of thiophene rings is 1. The molecule has 0 radical (unpaired) electrons. The van der Waals surface area contributed by atoms with E-state index in [0.717, 1.165) is 4.70 Å². The van der Waals surface area contributed by atoms with Crippen molar-refractivity contribution in [1.82, 2.24) is 4.98 Å². The first-order chi connectivity index (χ1) is 11.5. The number of carbonyl (C=O) groups is 1. The Morgan fingerprint density at radius 1 is 1.54 bits per heavy atom. The molecule has 0 aliphatic carbocycles. The van der Waals surface area contributed by atoms with E-state index in [0.29, 0.717) is 24.2 Å². The van der Waals surface area contributed by atoms with E-state index in [1.54, 1.807) is 6.08 Å². The van der Waals surface area contributed by atoms with Gasteiger partial charge < -0.3 is 15.2 Å². The SMILES string of the molecule is O=C(O)CCC1C=C[C@H](Nc2c([N+](=O)[O-])cnc3ccsc23)CO1. The number of aromatic nitrogens is 1. The van der Waals surface area contributed by atoms with Crippen LogP contribution >= 0.6 is 11.3 Å². The van der Waals surface area contributed by atoms with Crippen LogP contribution in [0.1, 0.15) is 12.8 Å². The van der Waals surface area contributed by atoms with Crippen molar-refractivity contribution in [3.8, 4) is 0 Å². The molecule has 0 fully saturated rings. The van der Waals surface area contributed by atoms with Crippen LogP contribution < -0.4 is 5.32 Å². The van der Waals surface area contributed by atoms with Crippen molar-refractivity contribution < 1.29 is 19.6 Å². The summed E-state index contributed by atoms with van der Waals surface area (Å²) in [6.07, 6.45) is 5.11. The molecular formula is C15H15N3O5S. The predicted octanol–water partition coefficient (Wildman–Crippen LogP) is 2.80. The molecule has 3 rings (SSSR count). The number of nitrogens with one attached hydrogen (secondary N) is 1. The van der Waals surface area contributed by atoms with Gasteiger partial charge in [0.2, 0.25) is 0 Å². The molecule has 3 heterocycles. The first-order valence-corrected chi connectivity index (χ1v) is 8.21. The molecule has 1 aliphatic heterocycles. The molecule has 2 N–H and O–H groups in total. The van der Waals surface area contributed by atoms with E-state index in [2.05, 4.69) is 10.3 Å². The van der Waals surface area contributed by atoms with Crippen molar-refractivity contribution in [2.24, 2.45) is 0 Å². The Bertz CT molecular complexity index is 804. The molecule has 0 spiro atoms. The number of carboxylic acids is 1. The van der Waals surface area contributed by atoms with Crippen LogP contribution in [0.25, 0.3) is 10.2 Å². The summed E-state index contributed by atoms with van der Waals surface area (Å²) in [7, 11) is 0. The second kappa shape index (κ2) is 6.93. The van der Waals surface area contributed by atoms with Crippen LogP contribution in [-0.4, -0.2) is 39.7 Å². The van der Waals surface area contributed by atoms with Crippen LogP contribution in [0, 0.1) is 10.1 Å². The van der Waals surface area contributed by atoms with Gasteiger partial charge in [0.1, 0.15) is 11.9 Å². The highest BCUT2D eigenvalue weighted by molar-refractivity contribution is 7.17. The third-order valence-electron chi connectivity index (χ3n) is 3.67. The summed E-state index contributed by atoms with van der Waals surface area (Å²) in [6, 6.07) is 1.59. The average Bonchev–Trinajstić information content (AvgIpc) is 3.03. The molecule has 0 saturated carbocycles. The maximum Gasteiger partial charge on any atom is 0.311 e. The number of fused-ring (bicyclic) bond motifs is 1. The number of anilines is 1. The topological polar surface area (TPSA) is 115 Å². The molecule has 2 aromatic rings. The fraction of sp³-hybridized carbons (Fsp3) is 0.333. The largest absolute Gasteiger partial charge is 0.481 e. The molecule has 0 bridgehead atoms. The van der Waals surface area contributed by atoms with E-state index in [1.165, 1.54) is 17.5 Å². The zero-order chi connectivity index (χ0) is 17.1. The third kappa shape index (κ3) is 3.52. The molecule has 2 atom stereocenters. The van der Waals surface area contributed by atoms with Gasteiger partial charge in [0.25, 0.3) is 0 Å². The maximum absolute atomic E-state index is 11.3. The molecule has 1 unspecified atom stereocenters. The van der Waals surface area contributed by atoms with Crippen molar-refractivity contribution in [1.29, 1.82) is 0 Å². The molecule has 1 aliphatic rings. The van der Waals surface area contributed by atoms with Crippen molar-refractivity contribution >= 4 is 38.9 Å². The van der Waals surface area contributed by atoms with Gasteiger partial charge in [-0.1, -0.05) is 12.2 Å². The Morgan fingerprint density at radius 3 is 3.04 bits per heavy atom. The number of pyridine rings is 1. The van der Waals surface area contributed by atoms with Gasteiger partial charge in [0.05, 0.1) is 33.9 Å². The molecule has 24 heavy (non-hydrogen) atoms. The fourth-order valence-corrected chi connectivity index (χ4v) is 3.35. The molecule has 2 aromatic heterocycles. The van der Waals surface area contributed by atoms with Crippen molar-refractivity contribution in [2.45, 2.75) is 25.0 Å². The molecule has 0 saturated heterocycles. The van der Waals surface area contributed by atoms with Crippen LogP contribution in [-0.2, 0) is 9.53 Å². The smallest absolute Gasteiger partial charge is 0.311 e. The van der Waals surface area contributed by atoms with Gasteiger partial charge in [-0.3, -0.25) is 14.9 Å². The van der Waals surface area contributed by atoms with Crippen molar-refractivity contribution in [3.63, 3.8) is 0 Å². The van der Waals surface area contributed by atoms with Crippen LogP contribution in [0.2, 0.25) is 0 Å².